The predicted molar refractivity (Wildman–Crippen MR) is 95.5 cm³/mol. The molecule has 0 aliphatic heterocycles. The molecule has 3 rings (SSSR count). The second-order valence-corrected chi connectivity index (χ2v) is 5.58. The molecule has 3 N–H and O–H groups in total. The van der Waals surface area contributed by atoms with Crippen molar-refractivity contribution in [3.05, 3.63) is 52.6 Å². The van der Waals surface area contributed by atoms with Gasteiger partial charge in [-0.25, -0.2) is 14.8 Å². The van der Waals surface area contributed by atoms with Gasteiger partial charge in [0.25, 0.3) is 0 Å². The van der Waals surface area contributed by atoms with E-state index in [-0.39, 0.29) is 0 Å². The summed E-state index contributed by atoms with van der Waals surface area (Å²) in [5.74, 6) is 0.475. The first-order chi connectivity index (χ1) is 11.1. The molecule has 0 aliphatic rings. The van der Waals surface area contributed by atoms with Crippen LogP contribution in [0.4, 0.5) is 5.69 Å². The number of nitrogens with one attached hydrogen (secondary N) is 3. The Balaban J connectivity index is 1.80. The van der Waals surface area contributed by atoms with Gasteiger partial charge in [-0.3, -0.25) is 10.4 Å². The Labute approximate surface area is 146 Å². The molecule has 3 aromatic rings. The highest BCUT2D eigenvalue weighted by Gasteiger charge is 2.11. The van der Waals surface area contributed by atoms with Crippen LogP contribution in [0.15, 0.2) is 42.9 Å². The third-order valence-electron chi connectivity index (χ3n) is 2.78. The number of halogens is 1. The number of hydrogen-bond acceptors (Lipinski definition) is 5. The van der Waals surface area contributed by atoms with E-state index in [0.717, 1.165) is 5.69 Å². The van der Waals surface area contributed by atoms with Crippen molar-refractivity contribution in [2.45, 2.75) is 0 Å². The van der Waals surface area contributed by atoms with Crippen LogP contribution in [0.3, 0.4) is 0 Å². The van der Waals surface area contributed by atoms with Crippen LogP contribution in [0.1, 0.15) is 0 Å². The Morgan fingerprint density at radius 3 is 2.70 bits per heavy atom. The van der Waals surface area contributed by atoms with Gasteiger partial charge in [-0.1, -0.05) is 11.6 Å². The Morgan fingerprint density at radius 1 is 1.22 bits per heavy atom. The van der Waals surface area contributed by atoms with Crippen LogP contribution in [0, 0.1) is 4.77 Å². The number of anilines is 1. The number of nitrogens with zero attached hydrogens (tertiary/aromatic N) is 4. The summed E-state index contributed by atoms with van der Waals surface area (Å²) in [5.41, 5.74) is 4.31. The fourth-order valence-electron chi connectivity index (χ4n) is 1.78. The maximum atomic E-state index is 5.85. The summed E-state index contributed by atoms with van der Waals surface area (Å²) in [5, 5.41) is 10.8. The van der Waals surface area contributed by atoms with E-state index in [9.17, 15) is 0 Å². The third kappa shape index (κ3) is 3.70. The first-order valence-electron chi connectivity index (χ1n) is 6.41. The summed E-state index contributed by atoms with van der Waals surface area (Å²) < 4.78 is 1.87. The van der Waals surface area contributed by atoms with Crippen molar-refractivity contribution in [1.82, 2.24) is 24.8 Å². The minimum Gasteiger partial charge on any atom is -0.331 e. The molecule has 0 bridgehead atoms. The molecule has 0 aliphatic carbocycles. The summed E-state index contributed by atoms with van der Waals surface area (Å²) in [6, 6.07) is 7.16. The van der Waals surface area contributed by atoms with Crippen molar-refractivity contribution < 1.29 is 0 Å². The van der Waals surface area contributed by atoms with Crippen molar-refractivity contribution in [3.63, 3.8) is 0 Å². The van der Waals surface area contributed by atoms with Crippen LogP contribution in [0.5, 0.6) is 0 Å². The van der Waals surface area contributed by atoms with Crippen molar-refractivity contribution >= 4 is 46.8 Å². The Morgan fingerprint density at radius 2 is 2.00 bits per heavy atom. The molecule has 0 amide bonds. The number of rotatable bonds is 3. The molecule has 0 unspecified atom stereocenters. The molecular weight excluding hydrogens is 354 g/mol. The Kier molecular flexibility index (Phi) is 4.60. The van der Waals surface area contributed by atoms with Gasteiger partial charge in [-0.2, -0.15) is 5.10 Å². The second kappa shape index (κ2) is 6.82. The van der Waals surface area contributed by atoms with Crippen LogP contribution in [-0.2, 0) is 0 Å². The molecule has 7 nitrogen and oxygen atoms in total. The standard InChI is InChI=1S/C13H10ClN7S2/c14-8-1-3-9(4-2-8)17-12(22)20-21-11(18-19-13(21)23)10-7-15-5-6-16-10/h1-7H,(H,19,23)(H2,17,20,22). The van der Waals surface area contributed by atoms with Crippen LogP contribution >= 0.6 is 36.0 Å². The summed E-state index contributed by atoms with van der Waals surface area (Å²) in [7, 11) is 0. The largest absolute Gasteiger partial charge is 0.331 e. The molecular formula is C13H10ClN7S2. The fraction of sp³-hybridized carbons (Fsp3) is 0. The first-order valence-corrected chi connectivity index (χ1v) is 7.60. The lowest BCUT2D eigenvalue weighted by Crippen LogP contribution is -2.28. The average Bonchev–Trinajstić information content (AvgIpc) is 2.91. The second-order valence-electron chi connectivity index (χ2n) is 4.35. The van der Waals surface area contributed by atoms with E-state index in [2.05, 4.69) is 30.9 Å². The van der Waals surface area contributed by atoms with Crippen LogP contribution in [0.25, 0.3) is 11.5 Å². The van der Waals surface area contributed by atoms with E-state index < -0.39 is 0 Å². The Hall–Kier alpha value is -2.36. The Bertz CT molecular complexity index is 873. The molecule has 0 saturated carbocycles. The van der Waals surface area contributed by atoms with Crippen LogP contribution in [0.2, 0.25) is 5.02 Å². The summed E-state index contributed by atoms with van der Waals surface area (Å²) in [6.45, 7) is 0. The highest BCUT2D eigenvalue weighted by atomic mass is 35.5. The minimum atomic E-state index is 0.343. The van der Waals surface area contributed by atoms with Crippen molar-refractivity contribution in [3.8, 4) is 11.5 Å². The van der Waals surface area contributed by atoms with E-state index in [1.54, 1.807) is 30.7 Å². The van der Waals surface area contributed by atoms with Gasteiger partial charge in [0, 0.05) is 23.1 Å². The summed E-state index contributed by atoms with van der Waals surface area (Å²) in [4.78, 5) is 8.21. The van der Waals surface area contributed by atoms with Crippen LogP contribution in [-0.4, -0.2) is 30.0 Å². The zero-order valence-electron chi connectivity index (χ0n) is 11.5. The molecule has 0 atom stereocenters. The molecule has 0 radical (unpaired) electrons. The van der Waals surface area contributed by atoms with E-state index in [0.29, 0.717) is 26.4 Å². The molecule has 116 valence electrons. The normalized spacial score (nSPS) is 10.3. The van der Waals surface area contributed by atoms with Crippen LogP contribution < -0.4 is 10.7 Å². The average molecular weight is 364 g/mol. The monoisotopic (exact) mass is 363 g/mol. The van der Waals surface area contributed by atoms with E-state index in [4.69, 9.17) is 36.0 Å². The molecule has 23 heavy (non-hydrogen) atoms. The SMILES string of the molecule is S=C(Nc1ccc(Cl)cc1)Nn1c(-c2cnccn2)n[nH]c1=S. The number of aromatic amines is 1. The lowest BCUT2D eigenvalue weighted by molar-refractivity contribution is 0.953. The van der Waals surface area contributed by atoms with E-state index >= 15 is 0 Å². The lowest BCUT2D eigenvalue weighted by atomic mass is 10.3. The molecule has 10 heteroatoms. The lowest BCUT2D eigenvalue weighted by Gasteiger charge is -2.12. The fourth-order valence-corrected chi connectivity index (χ4v) is 2.29. The molecule has 0 spiro atoms. The van der Waals surface area contributed by atoms with Gasteiger partial charge in [-0.05, 0) is 48.7 Å². The minimum absolute atomic E-state index is 0.343. The predicted octanol–water partition coefficient (Wildman–Crippen LogP) is 2.99. The number of hydrogen-bond donors (Lipinski definition) is 3. The van der Waals surface area contributed by atoms with E-state index in [1.807, 2.05) is 12.1 Å². The smallest absolute Gasteiger partial charge is 0.215 e. The molecule has 0 fully saturated rings. The maximum Gasteiger partial charge on any atom is 0.215 e. The quantitative estimate of drug-likeness (QED) is 0.617. The summed E-state index contributed by atoms with van der Waals surface area (Å²) >= 11 is 16.3. The topological polar surface area (TPSA) is 83.4 Å². The van der Waals surface area contributed by atoms with Gasteiger partial charge in [0.15, 0.2) is 5.11 Å². The molecule has 1 aromatic carbocycles. The third-order valence-corrected chi connectivity index (χ3v) is 3.50. The zero-order valence-corrected chi connectivity index (χ0v) is 13.9. The van der Waals surface area contributed by atoms with Crippen molar-refractivity contribution in [1.29, 1.82) is 0 Å². The van der Waals surface area contributed by atoms with Gasteiger partial charge >= 0.3 is 0 Å². The maximum absolute atomic E-state index is 5.85. The van der Waals surface area contributed by atoms with Gasteiger partial charge in [-0.15, -0.1) is 0 Å². The number of H-pyrrole nitrogens is 1. The number of thiocarbonyl (C=S) groups is 1. The van der Waals surface area contributed by atoms with Crippen molar-refractivity contribution in [2.24, 2.45) is 0 Å². The number of aromatic nitrogens is 5. The van der Waals surface area contributed by atoms with Gasteiger partial charge in [0.05, 0.1) is 6.20 Å². The first kappa shape index (κ1) is 15.5. The van der Waals surface area contributed by atoms with Gasteiger partial charge < -0.3 is 5.32 Å². The molecule has 2 heterocycles. The highest BCUT2D eigenvalue weighted by molar-refractivity contribution is 7.80. The molecule has 0 saturated heterocycles. The number of benzene rings is 1. The highest BCUT2D eigenvalue weighted by Crippen LogP contribution is 2.14. The van der Waals surface area contributed by atoms with Gasteiger partial charge in [0.1, 0.15) is 5.69 Å². The molecule has 2 aromatic heterocycles. The van der Waals surface area contributed by atoms with Crippen molar-refractivity contribution in [2.75, 3.05) is 10.7 Å². The zero-order chi connectivity index (χ0) is 16.2. The van der Waals surface area contributed by atoms with E-state index in [1.165, 1.54) is 4.68 Å². The van der Waals surface area contributed by atoms with Gasteiger partial charge in [0.2, 0.25) is 10.6 Å². The summed E-state index contributed by atoms with van der Waals surface area (Å²) in [6.07, 6.45) is 4.73.